The number of nitrogens with zero attached hydrogens (tertiary/aromatic N) is 1. The van der Waals surface area contributed by atoms with Crippen molar-refractivity contribution < 1.29 is 9.18 Å². The van der Waals surface area contributed by atoms with Crippen LogP contribution in [0.5, 0.6) is 0 Å². The average Bonchev–Trinajstić information content (AvgIpc) is 2.16. The number of amides is 1. The molecule has 16 heavy (non-hydrogen) atoms. The van der Waals surface area contributed by atoms with Crippen LogP contribution in [0.3, 0.4) is 0 Å². The van der Waals surface area contributed by atoms with Crippen LogP contribution in [0, 0.1) is 5.82 Å². The summed E-state index contributed by atoms with van der Waals surface area (Å²) in [5.74, 6) is -0.229. The number of hydrogen-bond donors (Lipinski definition) is 1. The molecule has 1 N–H and O–H groups in total. The van der Waals surface area contributed by atoms with Crippen molar-refractivity contribution >= 4 is 11.6 Å². The van der Waals surface area contributed by atoms with Gasteiger partial charge in [0.15, 0.2) is 0 Å². The van der Waals surface area contributed by atoms with Crippen LogP contribution in [0.2, 0.25) is 0 Å². The molecule has 0 aliphatic heterocycles. The molecule has 0 radical (unpaired) electrons. The number of anilines is 1. The Morgan fingerprint density at radius 2 is 2.19 bits per heavy atom. The topological polar surface area (TPSA) is 32.3 Å². The zero-order valence-corrected chi connectivity index (χ0v) is 9.83. The molecule has 1 unspecified atom stereocenters. The molecule has 0 aliphatic rings. The second kappa shape index (κ2) is 5.49. The van der Waals surface area contributed by atoms with E-state index >= 15 is 0 Å². The minimum atomic E-state index is -0.281. The predicted molar refractivity (Wildman–Crippen MR) is 62.8 cm³/mol. The Kier molecular flexibility index (Phi) is 4.28. The largest absolute Gasteiger partial charge is 0.382 e. The molecule has 0 saturated heterocycles. The van der Waals surface area contributed by atoms with E-state index in [0.717, 1.165) is 0 Å². The van der Waals surface area contributed by atoms with Crippen LogP contribution >= 0.6 is 0 Å². The molecule has 88 valence electrons. The third-order valence-corrected chi connectivity index (χ3v) is 2.22. The molecule has 1 aromatic carbocycles. The van der Waals surface area contributed by atoms with E-state index in [2.05, 4.69) is 5.32 Å². The van der Waals surface area contributed by atoms with Gasteiger partial charge in [0.1, 0.15) is 5.82 Å². The lowest BCUT2D eigenvalue weighted by molar-refractivity contribution is -0.128. The van der Waals surface area contributed by atoms with Gasteiger partial charge >= 0.3 is 0 Å². The van der Waals surface area contributed by atoms with Gasteiger partial charge in [0.25, 0.3) is 0 Å². The van der Waals surface area contributed by atoms with E-state index in [1.54, 1.807) is 31.1 Å². The highest BCUT2D eigenvalue weighted by Crippen LogP contribution is 2.11. The summed E-state index contributed by atoms with van der Waals surface area (Å²) in [6.45, 7) is 1.90. The fourth-order valence-corrected chi connectivity index (χ4v) is 1.36. The van der Waals surface area contributed by atoms with E-state index in [-0.39, 0.29) is 17.8 Å². The summed E-state index contributed by atoms with van der Waals surface area (Å²) in [5, 5.41) is 3.08. The van der Waals surface area contributed by atoms with Crippen molar-refractivity contribution in [2.45, 2.75) is 19.4 Å². The summed E-state index contributed by atoms with van der Waals surface area (Å²) in [6.07, 6.45) is 0.392. The van der Waals surface area contributed by atoms with Gasteiger partial charge < -0.3 is 10.2 Å². The van der Waals surface area contributed by atoms with E-state index in [1.165, 1.54) is 12.1 Å². The zero-order chi connectivity index (χ0) is 12.1. The van der Waals surface area contributed by atoms with Crippen LogP contribution in [0.25, 0.3) is 0 Å². The van der Waals surface area contributed by atoms with Crippen molar-refractivity contribution in [1.82, 2.24) is 4.90 Å². The van der Waals surface area contributed by atoms with Gasteiger partial charge in [-0.2, -0.15) is 0 Å². The van der Waals surface area contributed by atoms with E-state index in [0.29, 0.717) is 12.1 Å². The predicted octanol–water partition coefficient (Wildman–Crippen LogP) is 2.10. The molecule has 3 nitrogen and oxygen atoms in total. The Hall–Kier alpha value is -1.58. The standard InChI is InChI=1S/C12H17FN2O/c1-9(7-12(16)15(2)3)14-11-6-4-5-10(13)8-11/h4-6,8-9,14H,7H2,1-3H3. The highest BCUT2D eigenvalue weighted by molar-refractivity contribution is 5.76. The van der Waals surface area contributed by atoms with Crippen LogP contribution in [0.15, 0.2) is 24.3 Å². The Morgan fingerprint density at radius 3 is 2.75 bits per heavy atom. The summed E-state index contributed by atoms with van der Waals surface area (Å²) in [6, 6.07) is 6.20. The maximum Gasteiger partial charge on any atom is 0.224 e. The lowest BCUT2D eigenvalue weighted by atomic mass is 10.2. The number of nitrogens with one attached hydrogen (secondary N) is 1. The number of halogens is 1. The van der Waals surface area contributed by atoms with Crippen molar-refractivity contribution in [2.24, 2.45) is 0 Å². The molecule has 0 bridgehead atoms. The van der Waals surface area contributed by atoms with Crippen LogP contribution in [-0.2, 0) is 4.79 Å². The first-order chi connectivity index (χ1) is 7.49. The summed E-state index contributed by atoms with van der Waals surface area (Å²) < 4.78 is 12.9. The molecule has 1 atom stereocenters. The lowest BCUT2D eigenvalue weighted by Crippen LogP contribution is -2.28. The normalized spacial score (nSPS) is 12.0. The van der Waals surface area contributed by atoms with Gasteiger partial charge in [0, 0.05) is 32.2 Å². The number of hydrogen-bond acceptors (Lipinski definition) is 2. The highest BCUT2D eigenvalue weighted by atomic mass is 19.1. The Labute approximate surface area is 95.3 Å². The summed E-state index contributed by atoms with van der Waals surface area (Å²) in [5.41, 5.74) is 0.694. The number of benzene rings is 1. The van der Waals surface area contributed by atoms with Crippen LogP contribution in [0.4, 0.5) is 10.1 Å². The maximum atomic E-state index is 12.9. The summed E-state index contributed by atoms with van der Waals surface area (Å²) >= 11 is 0. The first-order valence-corrected chi connectivity index (χ1v) is 5.21. The van der Waals surface area contributed by atoms with Crippen LogP contribution < -0.4 is 5.32 Å². The minimum Gasteiger partial charge on any atom is -0.382 e. The SMILES string of the molecule is CC(CC(=O)N(C)C)Nc1cccc(F)c1. The van der Waals surface area contributed by atoms with Crippen LogP contribution in [0.1, 0.15) is 13.3 Å². The fourth-order valence-electron chi connectivity index (χ4n) is 1.36. The van der Waals surface area contributed by atoms with Gasteiger partial charge in [-0.15, -0.1) is 0 Å². The molecule has 0 aromatic heterocycles. The summed E-state index contributed by atoms with van der Waals surface area (Å²) in [4.78, 5) is 13.0. The third-order valence-electron chi connectivity index (χ3n) is 2.22. The molecule has 0 fully saturated rings. The monoisotopic (exact) mass is 224 g/mol. The molecule has 4 heteroatoms. The minimum absolute atomic E-state index is 0.0169. The Morgan fingerprint density at radius 1 is 1.50 bits per heavy atom. The van der Waals surface area contributed by atoms with Crippen LogP contribution in [-0.4, -0.2) is 30.9 Å². The average molecular weight is 224 g/mol. The molecule has 1 aromatic rings. The van der Waals surface area contributed by atoms with E-state index in [1.807, 2.05) is 6.92 Å². The maximum absolute atomic E-state index is 12.9. The molecule has 0 heterocycles. The molecular weight excluding hydrogens is 207 g/mol. The number of carbonyl (C=O) groups is 1. The first-order valence-electron chi connectivity index (χ1n) is 5.21. The fraction of sp³-hybridized carbons (Fsp3) is 0.417. The smallest absolute Gasteiger partial charge is 0.224 e. The zero-order valence-electron chi connectivity index (χ0n) is 9.83. The Balaban J connectivity index is 2.51. The molecule has 0 saturated carbocycles. The van der Waals surface area contributed by atoms with Crippen molar-refractivity contribution in [3.63, 3.8) is 0 Å². The Bertz CT molecular complexity index is 366. The van der Waals surface area contributed by atoms with Crippen molar-refractivity contribution in [3.05, 3.63) is 30.1 Å². The molecule has 0 aliphatic carbocycles. The van der Waals surface area contributed by atoms with E-state index in [9.17, 15) is 9.18 Å². The summed E-state index contributed by atoms with van der Waals surface area (Å²) in [7, 11) is 3.44. The van der Waals surface area contributed by atoms with Gasteiger partial charge in [-0.25, -0.2) is 4.39 Å². The molecule has 0 spiro atoms. The van der Waals surface area contributed by atoms with Gasteiger partial charge in [-0.1, -0.05) is 6.07 Å². The van der Waals surface area contributed by atoms with Gasteiger partial charge in [-0.05, 0) is 25.1 Å². The second-order valence-electron chi connectivity index (χ2n) is 4.05. The third kappa shape index (κ3) is 3.88. The first kappa shape index (κ1) is 12.5. The number of rotatable bonds is 4. The van der Waals surface area contributed by atoms with Crippen molar-refractivity contribution in [1.29, 1.82) is 0 Å². The van der Waals surface area contributed by atoms with Gasteiger partial charge in [0.05, 0.1) is 0 Å². The van der Waals surface area contributed by atoms with E-state index in [4.69, 9.17) is 0 Å². The van der Waals surface area contributed by atoms with Crippen molar-refractivity contribution in [2.75, 3.05) is 19.4 Å². The quantitative estimate of drug-likeness (QED) is 0.849. The molecular formula is C12H17FN2O. The molecule has 1 amide bonds. The van der Waals surface area contributed by atoms with Gasteiger partial charge in [0.2, 0.25) is 5.91 Å². The lowest BCUT2D eigenvalue weighted by Gasteiger charge is -2.17. The second-order valence-corrected chi connectivity index (χ2v) is 4.05. The van der Waals surface area contributed by atoms with Crippen molar-refractivity contribution in [3.8, 4) is 0 Å². The number of carbonyl (C=O) groups excluding carboxylic acids is 1. The van der Waals surface area contributed by atoms with Gasteiger partial charge in [-0.3, -0.25) is 4.79 Å². The highest BCUT2D eigenvalue weighted by Gasteiger charge is 2.10. The molecule has 1 rings (SSSR count). The van der Waals surface area contributed by atoms with E-state index < -0.39 is 0 Å².